The molecule has 3 heterocycles. The van der Waals surface area contributed by atoms with Crippen LogP contribution in [0.5, 0.6) is 5.75 Å². The molecule has 0 bridgehead atoms. The van der Waals surface area contributed by atoms with Crippen molar-refractivity contribution in [1.29, 1.82) is 0 Å². The first-order valence-electron chi connectivity index (χ1n) is 10.6. The van der Waals surface area contributed by atoms with Crippen molar-refractivity contribution < 1.29 is 32.6 Å². The van der Waals surface area contributed by atoms with E-state index in [4.69, 9.17) is 21.1 Å². The van der Waals surface area contributed by atoms with Gasteiger partial charge in [-0.15, -0.1) is 0 Å². The molecule has 2 N–H and O–H groups in total. The quantitative estimate of drug-likeness (QED) is 0.563. The topological polar surface area (TPSA) is 138 Å². The minimum absolute atomic E-state index is 0.0297. The van der Waals surface area contributed by atoms with Crippen LogP contribution in [-0.2, 0) is 14.6 Å². The van der Waals surface area contributed by atoms with Gasteiger partial charge in [-0.05, 0) is 20.8 Å². The Morgan fingerprint density at radius 2 is 1.94 bits per heavy atom. The molecule has 0 saturated carbocycles. The summed E-state index contributed by atoms with van der Waals surface area (Å²) in [5.74, 6) is -1.34. The van der Waals surface area contributed by atoms with Crippen molar-refractivity contribution in [2.24, 2.45) is 0 Å². The smallest absolute Gasteiger partial charge is 0.410 e. The van der Waals surface area contributed by atoms with E-state index in [1.165, 1.54) is 6.07 Å². The van der Waals surface area contributed by atoms with Crippen LogP contribution in [0.4, 0.5) is 10.6 Å². The summed E-state index contributed by atoms with van der Waals surface area (Å²) < 4.78 is 34.7. The summed E-state index contributed by atoms with van der Waals surface area (Å²) >= 11 is 6.14. The van der Waals surface area contributed by atoms with Crippen molar-refractivity contribution in [2.75, 3.05) is 55.7 Å². The highest BCUT2D eigenvalue weighted by molar-refractivity contribution is 7.91. The molecule has 0 radical (unpaired) electrons. The van der Waals surface area contributed by atoms with Crippen molar-refractivity contribution in [1.82, 2.24) is 15.2 Å². The van der Waals surface area contributed by atoms with Gasteiger partial charge in [-0.3, -0.25) is 0 Å². The monoisotopic (exact) mass is 504 g/mol. The van der Waals surface area contributed by atoms with Crippen molar-refractivity contribution in [2.45, 2.75) is 32.4 Å². The molecule has 1 amide bonds. The lowest BCUT2D eigenvalue weighted by Gasteiger charge is -2.35. The summed E-state index contributed by atoms with van der Waals surface area (Å²) in [6, 6.07) is 1.06. The average Bonchev–Trinajstić information content (AvgIpc) is 2.70. The van der Waals surface area contributed by atoms with Gasteiger partial charge in [0.2, 0.25) is 0 Å². The highest BCUT2D eigenvalue weighted by atomic mass is 35.5. The summed E-state index contributed by atoms with van der Waals surface area (Å²) in [7, 11) is -3.16. The first kappa shape index (κ1) is 25.3. The fraction of sp³-hybridized carbons (Fsp3) is 0.650. The van der Waals surface area contributed by atoms with Crippen LogP contribution < -0.4 is 15.0 Å². The number of pyridine rings is 1. The maximum atomic E-state index is 12.4. The molecular weight excluding hydrogens is 476 g/mol. The lowest BCUT2D eigenvalue weighted by atomic mass is 10.2. The summed E-state index contributed by atoms with van der Waals surface area (Å²) in [5, 5.41) is 13.1. The molecule has 2 aliphatic rings. The minimum atomic E-state index is -3.16. The number of carboxylic acid groups (broad SMARTS) is 1. The zero-order valence-corrected chi connectivity index (χ0v) is 20.4. The van der Waals surface area contributed by atoms with Crippen LogP contribution in [0.3, 0.4) is 0 Å². The number of carboxylic acids is 1. The molecule has 0 aromatic carbocycles. The molecule has 184 valence electrons. The fourth-order valence-corrected chi connectivity index (χ4v) is 4.95. The van der Waals surface area contributed by atoms with Gasteiger partial charge in [-0.2, -0.15) is 0 Å². The van der Waals surface area contributed by atoms with Crippen molar-refractivity contribution in [3.63, 3.8) is 0 Å². The third kappa shape index (κ3) is 6.84. The van der Waals surface area contributed by atoms with E-state index in [0.717, 1.165) is 0 Å². The second kappa shape index (κ2) is 9.90. The van der Waals surface area contributed by atoms with Gasteiger partial charge in [-0.1, -0.05) is 11.6 Å². The van der Waals surface area contributed by atoms with E-state index in [-0.39, 0.29) is 59.5 Å². The molecule has 2 aliphatic heterocycles. The van der Waals surface area contributed by atoms with Crippen LogP contribution in [0.2, 0.25) is 5.15 Å². The lowest BCUT2D eigenvalue weighted by Crippen LogP contribution is -2.55. The largest absolute Gasteiger partial charge is 0.491 e. The van der Waals surface area contributed by atoms with Crippen LogP contribution in [0.1, 0.15) is 31.1 Å². The van der Waals surface area contributed by atoms with E-state index in [9.17, 15) is 23.1 Å². The molecule has 11 nitrogen and oxygen atoms in total. The Kier molecular flexibility index (Phi) is 7.59. The number of amides is 1. The number of sulfone groups is 1. The van der Waals surface area contributed by atoms with Gasteiger partial charge >= 0.3 is 12.1 Å². The number of piperazine rings is 1. The number of aromatic nitrogens is 1. The van der Waals surface area contributed by atoms with Gasteiger partial charge < -0.3 is 29.7 Å². The maximum absolute atomic E-state index is 12.4. The summed E-state index contributed by atoms with van der Waals surface area (Å²) in [4.78, 5) is 31.7. The zero-order valence-electron chi connectivity index (χ0n) is 18.8. The minimum Gasteiger partial charge on any atom is -0.491 e. The van der Waals surface area contributed by atoms with E-state index in [2.05, 4.69) is 10.3 Å². The van der Waals surface area contributed by atoms with Crippen LogP contribution in [-0.4, -0.2) is 98.0 Å². The number of halogens is 1. The van der Waals surface area contributed by atoms with Crippen molar-refractivity contribution in [3.05, 3.63) is 16.8 Å². The van der Waals surface area contributed by atoms with Crippen molar-refractivity contribution in [3.8, 4) is 5.75 Å². The molecule has 1 aromatic heterocycles. The predicted octanol–water partition coefficient (Wildman–Crippen LogP) is 1.26. The van der Waals surface area contributed by atoms with Gasteiger partial charge in [0.1, 0.15) is 34.5 Å². The molecule has 3 rings (SSSR count). The maximum Gasteiger partial charge on any atom is 0.410 e. The number of carbonyl (C=O) groups is 2. The Bertz CT molecular complexity index is 998. The molecule has 2 fully saturated rings. The fourth-order valence-electron chi connectivity index (χ4n) is 3.57. The highest BCUT2D eigenvalue weighted by Gasteiger charge is 2.31. The first-order valence-corrected chi connectivity index (χ1v) is 12.8. The Morgan fingerprint density at radius 1 is 1.27 bits per heavy atom. The molecule has 2 saturated heterocycles. The molecule has 0 spiro atoms. The average molecular weight is 505 g/mol. The van der Waals surface area contributed by atoms with Crippen LogP contribution in [0.25, 0.3) is 0 Å². The molecule has 0 aliphatic carbocycles. The Balaban J connectivity index is 1.73. The van der Waals surface area contributed by atoms with E-state index in [0.29, 0.717) is 19.6 Å². The SMILES string of the molecule is CC(C)(C)OC(=O)N1CCN[C@@H](COc2cc(Cl)nc(N3CCS(=O)(=O)CC3)c2C(=O)O)C1. The molecule has 33 heavy (non-hydrogen) atoms. The molecule has 1 atom stereocenters. The number of aromatic carboxylic acids is 1. The predicted molar refractivity (Wildman–Crippen MR) is 122 cm³/mol. The molecular formula is C20H29ClN4O7S. The van der Waals surface area contributed by atoms with Crippen LogP contribution in [0.15, 0.2) is 6.07 Å². The number of carbonyl (C=O) groups excluding carboxylic acids is 1. The third-order valence-electron chi connectivity index (χ3n) is 5.14. The van der Waals surface area contributed by atoms with E-state index in [1.54, 1.807) is 30.6 Å². The van der Waals surface area contributed by atoms with E-state index in [1.807, 2.05) is 0 Å². The number of nitrogens with one attached hydrogen (secondary N) is 1. The third-order valence-corrected chi connectivity index (χ3v) is 6.94. The van der Waals surface area contributed by atoms with Crippen LogP contribution in [0, 0.1) is 0 Å². The number of nitrogens with zero attached hydrogens (tertiary/aromatic N) is 3. The first-order chi connectivity index (χ1) is 15.3. The zero-order chi connectivity index (χ0) is 24.4. The van der Waals surface area contributed by atoms with Gasteiger partial charge in [0, 0.05) is 38.8 Å². The van der Waals surface area contributed by atoms with Gasteiger partial charge in [0.25, 0.3) is 0 Å². The summed E-state index contributed by atoms with van der Waals surface area (Å²) in [6.45, 7) is 7.03. The second-order valence-corrected chi connectivity index (χ2v) is 11.7. The van der Waals surface area contributed by atoms with Gasteiger partial charge in [-0.25, -0.2) is 23.0 Å². The number of anilines is 1. The number of hydrogen-bond donors (Lipinski definition) is 2. The Labute approximate surface area is 197 Å². The second-order valence-electron chi connectivity index (χ2n) is 8.97. The standard InChI is InChI=1S/C20H29ClN4O7S/c1-20(2,3)32-19(28)25-5-4-22-13(11-25)12-31-14-10-15(21)23-17(16(14)18(26)27)24-6-8-33(29,30)9-7-24/h10,13,22H,4-9,11-12H2,1-3H3,(H,26,27)/t13-/m1/s1. The van der Waals surface area contributed by atoms with Crippen molar-refractivity contribution >= 4 is 39.3 Å². The van der Waals surface area contributed by atoms with E-state index >= 15 is 0 Å². The molecule has 1 aromatic rings. The normalized spacial score (nSPS) is 20.9. The van der Waals surface area contributed by atoms with Gasteiger partial charge in [0.15, 0.2) is 9.84 Å². The highest BCUT2D eigenvalue weighted by Crippen LogP contribution is 2.32. The summed E-state index contributed by atoms with van der Waals surface area (Å²) in [5.41, 5.74) is -0.791. The van der Waals surface area contributed by atoms with Gasteiger partial charge in [0.05, 0.1) is 17.5 Å². The molecule has 0 unspecified atom stereocenters. The molecule has 13 heteroatoms. The number of ether oxygens (including phenoxy) is 2. The lowest BCUT2D eigenvalue weighted by molar-refractivity contribution is 0.0178. The Morgan fingerprint density at radius 3 is 2.55 bits per heavy atom. The van der Waals surface area contributed by atoms with Crippen LogP contribution >= 0.6 is 11.6 Å². The summed E-state index contributed by atoms with van der Waals surface area (Å²) in [6.07, 6.45) is -0.422. The number of hydrogen-bond acceptors (Lipinski definition) is 9. The Hall–Kier alpha value is -2.31. The number of rotatable bonds is 5. The van der Waals surface area contributed by atoms with E-state index < -0.39 is 27.5 Å².